The van der Waals surface area contributed by atoms with Gasteiger partial charge in [0.25, 0.3) is 5.91 Å². The number of fused-ring (bicyclic) bond motifs is 2. The summed E-state index contributed by atoms with van der Waals surface area (Å²) in [5.74, 6) is 0.0878. The van der Waals surface area contributed by atoms with Crippen molar-refractivity contribution in [3.8, 4) is 5.69 Å². The zero-order valence-electron chi connectivity index (χ0n) is 11.9. The first-order chi connectivity index (χ1) is 10.3. The molecule has 2 aromatic heterocycles. The summed E-state index contributed by atoms with van der Waals surface area (Å²) < 4.78 is 1.55. The zero-order valence-corrected chi connectivity index (χ0v) is 13.5. The first-order valence-electron chi connectivity index (χ1n) is 7.17. The third kappa shape index (κ3) is 2.73. The molecule has 0 radical (unpaired) electrons. The summed E-state index contributed by atoms with van der Waals surface area (Å²) in [5.41, 5.74) is 0.761. The Kier molecular flexibility index (Phi) is 4.42. The van der Waals surface area contributed by atoms with E-state index in [1.165, 1.54) is 30.5 Å². The van der Waals surface area contributed by atoms with Crippen LogP contribution in [0.5, 0.6) is 0 Å². The van der Waals surface area contributed by atoms with Crippen molar-refractivity contribution in [3.63, 3.8) is 0 Å². The van der Waals surface area contributed by atoms with Crippen LogP contribution in [0.25, 0.3) is 5.69 Å². The van der Waals surface area contributed by atoms with E-state index in [0.717, 1.165) is 25.2 Å². The van der Waals surface area contributed by atoms with Crippen molar-refractivity contribution >= 4 is 29.7 Å². The number of nitrogens with zero attached hydrogens (tertiary/aromatic N) is 5. The molecule has 2 fully saturated rings. The van der Waals surface area contributed by atoms with Crippen LogP contribution in [0.4, 0.5) is 0 Å². The molecule has 1 N–H and O–H groups in total. The minimum Gasteiger partial charge on any atom is -0.336 e. The van der Waals surface area contributed by atoms with Crippen LogP contribution in [0.2, 0.25) is 0 Å². The number of nitrogens with one attached hydrogen (secondary N) is 1. The maximum atomic E-state index is 12.8. The minimum absolute atomic E-state index is 0. The van der Waals surface area contributed by atoms with Crippen molar-refractivity contribution in [1.82, 2.24) is 30.4 Å². The molecular weight excluding hydrogens is 324 g/mol. The van der Waals surface area contributed by atoms with E-state index in [1.54, 1.807) is 4.68 Å². The van der Waals surface area contributed by atoms with Gasteiger partial charge in [-0.2, -0.15) is 4.68 Å². The summed E-state index contributed by atoms with van der Waals surface area (Å²) in [7, 11) is 0. The lowest BCUT2D eigenvalue weighted by Crippen LogP contribution is -2.39. The van der Waals surface area contributed by atoms with Crippen LogP contribution in [0.15, 0.2) is 17.8 Å². The second kappa shape index (κ2) is 6.31. The molecule has 2 atom stereocenters. The maximum Gasteiger partial charge on any atom is 0.266 e. The molecule has 4 rings (SSSR count). The zero-order chi connectivity index (χ0) is 14.2. The van der Waals surface area contributed by atoms with Gasteiger partial charge < -0.3 is 10.2 Å². The number of thiophene rings is 1. The van der Waals surface area contributed by atoms with Gasteiger partial charge in [0.1, 0.15) is 11.2 Å². The number of carbonyl (C=O) groups excluding carboxylic acids is 1. The highest BCUT2D eigenvalue weighted by Gasteiger charge is 2.32. The first-order valence-corrected chi connectivity index (χ1v) is 8.05. The van der Waals surface area contributed by atoms with Gasteiger partial charge in [0.2, 0.25) is 0 Å². The van der Waals surface area contributed by atoms with Crippen molar-refractivity contribution < 1.29 is 4.79 Å². The van der Waals surface area contributed by atoms with Crippen LogP contribution in [-0.2, 0) is 0 Å². The van der Waals surface area contributed by atoms with Gasteiger partial charge in [-0.3, -0.25) is 4.79 Å². The average molecular weight is 341 g/mol. The van der Waals surface area contributed by atoms with E-state index in [1.807, 2.05) is 16.3 Å². The van der Waals surface area contributed by atoms with Gasteiger partial charge in [-0.1, -0.05) is 0 Å². The molecule has 0 saturated carbocycles. The fourth-order valence-electron chi connectivity index (χ4n) is 3.19. The van der Waals surface area contributed by atoms with Crippen molar-refractivity contribution in [3.05, 3.63) is 22.7 Å². The van der Waals surface area contributed by atoms with Gasteiger partial charge in [-0.25, -0.2) is 0 Å². The smallest absolute Gasteiger partial charge is 0.266 e. The van der Waals surface area contributed by atoms with Crippen LogP contribution in [-0.4, -0.2) is 56.2 Å². The van der Waals surface area contributed by atoms with E-state index in [0.29, 0.717) is 17.0 Å². The van der Waals surface area contributed by atoms with Crippen molar-refractivity contribution in [2.75, 3.05) is 13.1 Å². The Hall–Kier alpha value is -1.51. The lowest BCUT2D eigenvalue weighted by molar-refractivity contribution is 0.0753. The summed E-state index contributed by atoms with van der Waals surface area (Å²) in [5, 5.41) is 16.7. The lowest BCUT2D eigenvalue weighted by atomic mass is 10.1. The molecule has 0 spiro atoms. The third-order valence-electron chi connectivity index (χ3n) is 4.24. The Morgan fingerprint density at radius 1 is 1.32 bits per heavy atom. The maximum absolute atomic E-state index is 12.8. The van der Waals surface area contributed by atoms with Gasteiger partial charge in [-0.05, 0) is 41.1 Å². The standard InChI is InChI=1S/C13H16N6OS.ClH/c20-13(18-5-3-9-1-2-10(7-18)15-9)12-11(4-6-21-12)19-8-14-16-17-19;/h4,6,8-10,15H,1-3,5,7H2;1H. The van der Waals surface area contributed by atoms with Crippen LogP contribution < -0.4 is 5.32 Å². The molecule has 2 saturated heterocycles. The summed E-state index contributed by atoms with van der Waals surface area (Å²) in [6.07, 6.45) is 4.96. The largest absolute Gasteiger partial charge is 0.336 e. The second-order valence-electron chi connectivity index (χ2n) is 5.57. The molecule has 4 heterocycles. The highest BCUT2D eigenvalue weighted by molar-refractivity contribution is 7.12. The minimum atomic E-state index is 0. The number of halogens is 1. The van der Waals surface area contributed by atoms with Crippen molar-refractivity contribution in [2.45, 2.75) is 31.3 Å². The SMILES string of the molecule is Cl.O=C(c1sccc1-n1cnnn1)N1CCC2CCC(C1)N2. The topological polar surface area (TPSA) is 75.9 Å². The molecular formula is C13H17ClN6OS. The van der Waals surface area contributed by atoms with Gasteiger partial charge in [0.15, 0.2) is 0 Å². The highest BCUT2D eigenvalue weighted by Crippen LogP contribution is 2.25. The molecule has 2 aliphatic rings. The van der Waals surface area contributed by atoms with E-state index < -0.39 is 0 Å². The van der Waals surface area contributed by atoms with E-state index in [-0.39, 0.29) is 18.3 Å². The number of rotatable bonds is 2. The number of aromatic nitrogens is 4. The Labute approximate surface area is 138 Å². The molecule has 7 nitrogen and oxygen atoms in total. The fourth-order valence-corrected chi connectivity index (χ4v) is 4.03. The van der Waals surface area contributed by atoms with E-state index in [4.69, 9.17) is 0 Å². The van der Waals surface area contributed by atoms with Gasteiger partial charge >= 0.3 is 0 Å². The monoisotopic (exact) mass is 340 g/mol. The average Bonchev–Trinajstić information content (AvgIpc) is 3.17. The van der Waals surface area contributed by atoms with E-state index in [9.17, 15) is 4.79 Å². The Morgan fingerprint density at radius 2 is 2.18 bits per heavy atom. The fraction of sp³-hybridized carbons (Fsp3) is 0.538. The quantitative estimate of drug-likeness (QED) is 0.886. The van der Waals surface area contributed by atoms with E-state index in [2.05, 4.69) is 20.8 Å². The molecule has 1 amide bonds. The normalized spacial score (nSPS) is 23.9. The molecule has 0 aromatic carbocycles. The van der Waals surface area contributed by atoms with Crippen LogP contribution in [0, 0.1) is 0 Å². The van der Waals surface area contributed by atoms with Gasteiger partial charge in [0.05, 0.1) is 5.69 Å². The Bertz CT molecular complexity index is 645. The summed E-state index contributed by atoms with van der Waals surface area (Å²) in [4.78, 5) is 15.5. The van der Waals surface area contributed by atoms with E-state index >= 15 is 0 Å². The number of hydrogen-bond acceptors (Lipinski definition) is 6. The molecule has 118 valence electrons. The number of hydrogen-bond donors (Lipinski definition) is 1. The molecule has 2 aromatic rings. The number of likely N-dealkylation sites (tertiary alicyclic amines) is 1. The number of amides is 1. The molecule has 2 bridgehead atoms. The van der Waals surface area contributed by atoms with Crippen LogP contribution in [0.3, 0.4) is 0 Å². The Morgan fingerprint density at radius 3 is 3.00 bits per heavy atom. The first kappa shape index (κ1) is 15.4. The van der Waals surface area contributed by atoms with Crippen LogP contribution in [0.1, 0.15) is 28.9 Å². The van der Waals surface area contributed by atoms with Crippen LogP contribution >= 0.6 is 23.7 Å². The number of carbonyl (C=O) groups is 1. The van der Waals surface area contributed by atoms with Gasteiger partial charge in [0, 0.05) is 25.2 Å². The second-order valence-corrected chi connectivity index (χ2v) is 6.48. The molecule has 22 heavy (non-hydrogen) atoms. The summed E-state index contributed by atoms with van der Waals surface area (Å²) in [6, 6.07) is 2.91. The van der Waals surface area contributed by atoms with Crippen molar-refractivity contribution in [2.24, 2.45) is 0 Å². The molecule has 2 unspecified atom stereocenters. The molecule has 0 aliphatic carbocycles. The molecule has 9 heteroatoms. The summed E-state index contributed by atoms with van der Waals surface area (Å²) in [6.45, 7) is 1.61. The lowest BCUT2D eigenvalue weighted by Gasteiger charge is -2.24. The predicted octanol–water partition coefficient (Wildman–Crippen LogP) is 1.11. The predicted molar refractivity (Wildman–Crippen MR) is 84.7 cm³/mol. The van der Waals surface area contributed by atoms with Gasteiger partial charge in [-0.15, -0.1) is 28.8 Å². The highest BCUT2D eigenvalue weighted by atomic mass is 35.5. The molecule has 2 aliphatic heterocycles. The Balaban J connectivity index is 0.00000144. The summed E-state index contributed by atoms with van der Waals surface area (Å²) >= 11 is 1.45. The van der Waals surface area contributed by atoms with Crippen molar-refractivity contribution in [1.29, 1.82) is 0 Å². The third-order valence-corrected chi connectivity index (χ3v) is 5.14. The number of tetrazole rings is 1.